The van der Waals surface area contributed by atoms with Gasteiger partial charge in [-0.2, -0.15) is 0 Å². The van der Waals surface area contributed by atoms with E-state index in [0.717, 1.165) is 6.61 Å². The number of hydrogen-bond donors (Lipinski definition) is 0. The van der Waals surface area contributed by atoms with Crippen molar-refractivity contribution in [2.24, 2.45) is 0 Å². The molecule has 0 aromatic rings. The second kappa shape index (κ2) is 6.95. The van der Waals surface area contributed by atoms with E-state index in [1.807, 2.05) is 0 Å². The summed E-state index contributed by atoms with van der Waals surface area (Å²) in [6.07, 6.45) is 1.99. The molecule has 0 amide bonds. The molecule has 0 saturated carbocycles. The number of rotatable bonds is 9. The molecule has 4 heteroatoms. The molecule has 2 unspecified atom stereocenters. The highest BCUT2D eigenvalue weighted by atomic mass is 16.6. The van der Waals surface area contributed by atoms with Crippen LogP contribution in [0.2, 0.25) is 0 Å². The minimum atomic E-state index is -0.0100. The Bertz CT molecular complexity index is 156. The normalized spacial score (nSPS) is 21.9. The smallest absolute Gasteiger partial charge is 0.104 e. The lowest BCUT2D eigenvalue weighted by Crippen LogP contribution is -2.26. The van der Waals surface area contributed by atoms with Gasteiger partial charge in [0.2, 0.25) is 0 Å². The van der Waals surface area contributed by atoms with E-state index in [0.29, 0.717) is 26.4 Å². The van der Waals surface area contributed by atoms with E-state index < -0.39 is 0 Å². The Morgan fingerprint density at radius 1 is 1.57 bits per heavy atom. The summed E-state index contributed by atoms with van der Waals surface area (Å²) in [5.41, 5.74) is 0. The minimum absolute atomic E-state index is 0.0100. The monoisotopic (exact) mass is 202 g/mol. The Morgan fingerprint density at radius 2 is 2.36 bits per heavy atom. The Labute approximate surface area is 84.8 Å². The highest BCUT2D eigenvalue weighted by molar-refractivity contribution is 4.70. The van der Waals surface area contributed by atoms with Crippen LogP contribution in [0.25, 0.3) is 0 Å². The van der Waals surface area contributed by atoms with Gasteiger partial charge in [0.25, 0.3) is 0 Å². The molecule has 1 aliphatic heterocycles. The predicted octanol–water partition coefficient (Wildman–Crippen LogP) is 0.619. The summed E-state index contributed by atoms with van der Waals surface area (Å²) >= 11 is 0. The van der Waals surface area contributed by atoms with Crippen LogP contribution in [0.4, 0.5) is 0 Å². The van der Waals surface area contributed by atoms with Crippen LogP contribution in [0.1, 0.15) is 0 Å². The molecule has 0 radical (unpaired) electrons. The van der Waals surface area contributed by atoms with Crippen molar-refractivity contribution in [1.82, 2.24) is 0 Å². The summed E-state index contributed by atoms with van der Waals surface area (Å²) in [4.78, 5) is 0. The van der Waals surface area contributed by atoms with Crippen molar-refractivity contribution < 1.29 is 18.9 Å². The van der Waals surface area contributed by atoms with Crippen molar-refractivity contribution in [2.45, 2.75) is 12.2 Å². The Kier molecular flexibility index (Phi) is 5.78. The van der Waals surface area contributed by atoms with Gasteiger partial charge in [-0.25, -0.2) is 0 Å². The Morgan fingerprint density at radius 3 is 2.93 bits per heavy atom. The third-order valence-electron chi connectivity index (χ3n) is 1.81. The zero-order valence-electron chi connectivity index (χ0n) is 8.61. The van der Waals surface area contributed by atoms with E-state index in [2.05, 4.69) is 6.58 Å². The molecule has 1 saturated heterocycles. The van der Waals surface area contributed by atoms with E-state index >= 15 is 0 Å². The predicted molar refractivity (Wildman–Crippen MR) is 52.4 cm³/mol. The van der Waals surface area contributed by atoms with Crippen LogP contribution in [0.15, 0.2) is 12.7 Å². The molecule has 0 aliphatic carbocycles. The van der Waals surface area contributed by atoms with Crippen molar-refractivity contribution >= 4 is 0 Å². The maximum atomic E-state index is 5.54. The highest BCUT2D eigenvalue weighted by Crippen LogP contribution is 2.10. The molecule has 1 heterocycles. The fourth-order valence-electron chi connectivity index (χ4n) is 1.02. The average Bonchev–Trinajstić information content (AvgIpc) is 2.98. The van der Waals surface area contributed by atoms with Crippen LogP contribution >= 0.6 is 0 Å². The standard InChI is InChI=1S/C10H18O4/c1-3-4-12-6-9(5-11-2)13-7-10-8-14-10/h3,9-10H,1,4-8H2,2H3. The summed E-state index contributed by atoms with van der Waals surface area (Å²) in [7, 11) is 1.65. The Hall–Kier alpha value is -0.420. The van der Waals surface area contributed by atoms with Crippen molar-refractivity contribution in [3.8, 4) is 0 Å². The molecule has 0 aromatic heterocycles. The van der Waals surface area contributed by atoms with Crippen molar-refractivity contribution in [1.29, 1.82) is 0 Å². The number of epoxide rings is 1. The second-order valence-corrected chi connectivity index (χ2v) is 3.19. The minimum Gasteiger partial charge on any atom is -0.382 e. The first-order chi connectivity index (χ1) is 6.86. The van der Waals surface area contributed by atoms with E-state index in [1.165, 1.54) is 0 Å². The molecular weight excluding hydrogens is 184 g/mol. The van der Waals surface area contributed by atoms with Crippen LogP contribution in [-0.4, -0.2) is 52.4 Å². The van der Waals surface area contributed by atoms with Gasteiger partial charge >= 0.3 is 0 Å². The summed E-state index contributed by atoms with van der Waals surface area (Å²) in [5.74, 6) is 0. The molecule has 0 spiro atoms. The molecule has 1 fully saturated rings. The maximum Gasteiger partial charge on any atom is 0.104 e. The van der Waals surface area contributed by atoms with Gasteiger partial charge in [-0.3, -0.25) is 0 Å². The van der Waals surface area contributed by atoms with Crippen LogP contribution in [-0.2, 0) is 18.9 Å². The average molecular weight is 202 g/mol. The third-order valence-corrected chi connectivity index (χ3v) is 1.81. The molecule has 82 valence electrons. The van der Waals surface area contributed by atoms with Gasteiger partial charge in [-0.05, 0) is 0 Å². The first-order valence-corrected chi connectivity index (χ1v) is 4.77. The fourth-order valence-corrected chi connectivity index (χ4v) is 1.02. The lowest BCUT2D eigenvalue weighted by molar-refractivity contribution is -0.0504. The molecule has 1 rings (SSSR count). The molecule has 1 aliphatic rings. The lowest BCUT2D eigenvalue weighted by atomic mass is 10.4. The molecular formula is C10H18O4. The molecule has 0 aromatic carbocycles. The lowest BCUT2D eigenvalue weighted by Gasteiger charge is -2.16. The first kappa shape index (κ1) is 11.7. The summed E-state index contributed by atoms with van der Waals surface area (Å²) in [5, 5.41) is 0. The van der Waals surface area contributed by atoms with Gasteiger partial charge in [0.1, 0.15) is 12.2 Å². The molecule has 4 nitrogen and oxygen atoms in total. The Balaban J connectivity index is 2.05. The van der Waals surface area contributed by atoms with Gasteiger partial charge < -0.3 is 18.9 Å². The quantitative estimate of drug-likeness (QED) is 0.312. The van der Waals surface area contributed by atoms with Crippen LogP contribution < -0.4 is 0 Å². The third kappa shape index (κ3) is 5.34. The fraction of sp³-hybridized carbons (Fsp3) is 0.800. The molecule has 2 atom stereocenters. The van der Waals surface area contributed by atoms with E-state index in [1.54, 1.807) is 13.2 Å². The van der Waals surface area contributed by atoms with Crippen molar-refractivity contribution in [2.75, 3.05) is 40.1 Å². The topological polar surface area (TPSA) is 40.2 Å². The van der Waals surface area contributed by atoms with Crippen molar-refractivity contribution in [3.63, 3.8) is 0 Å². The number of methoxy groups -OCH3 is 1. The highest BCUT2D eigenvalue weighted by Gasteiger charge is 2.24. The van der Waals surface area contributed by atoms with Gasteiger partial charge in [0, 0.05) is 7.11 Å². The summed E-state index contributed by atoms with van der Waals surface area (Å²) in [6, 6.07) is 0. The molecule has 14 heavy (non-hydrogen) atoms. The zero-order valence-corrected chi connectivity index (χ0v) is 8.61. The molecule has 0 N–H and O–H groups in total. The summed E-state index contributed by atoms with van der Waals surface area (Å²) in [6.45, 7) is 6.64. The zero-order chi connectivity index (χ0) is 10.2. The SMILES string of the molecule is C=CCOCC(COC)OCC1CO1. The van der Waals surface area contributed by atoms with Gasteiger partial charge in [-0.15, -0.1) is 6.58 Å². The maximum absolute atomic E-state index is 5.54. The summed E-state index contributed by atoms with van der Waals surface area (Å²) < 4.78 is 20.9. The first-order valence-electron chi connectivity index (χ1n) is 4.77. The van der Waals surface area contributed by atoms with Crippen molar-refractivity contribution in [3.05, 3.63) is 12.7 Å². The van der Waals surface area contributed by atoms with Gasteiger partial charge in [0.05, 0.1) is 33.0 Å². The second-order valence-electron chi connectivity index (χ2n) is 3.19. The molecule has 0 bridgehead atoms. The van der Waals surface area contributed by atoms with Crippen LogP contribution in [0.5, 0.6) is 0 Å². The number of hydrogen-bond acceptors (Lipinski definition) is 4. The van der Waals surface area contributed by atoms with Crippen LogP contribution in [0.3, 0.4) is 0 Å². The van der Waals surface area contributed by atoms with E-state index in [-0.39, 0.29) is 12.2 Å². The van der Waals surface area contributed by atoms with Gasteiger partial charge in [0.15, 0.2) is 0 Å². The van der Waals surface area contributed by atoms with Gasteiger partial charge in [-0.1, -0.05) is 6.08 Å². The largest absolute Gasteiger partial charge is 0.382 e. The van der Waals surface area contributed by atoms with E-state index in [4.69, 9.17) is 18.9 Å². The number of ether oxygens (including phenoxy) is 4. The van der Waals surface area contributed by atoms with Crippen LogP contribution in [0, 0.1) is 0 Å². The van der Waals surface area contributed by atoms with E-state index in [9.17, 15) is 0 Å².